The Kier molecular flexibility index (Phi) is 4.71. The van der Waals surface area contributed by atoms with E-state index in [0.717, 1.165) is 12.8 Å². The van der Waals surface area contributed by atoms with Gasteiger partial charge in [0.05, 0.1) is 11.3 Å². The summed E-state index contributed by atoms with van der Waals surface area (Å²) in [6.07, 6.45) is 4.65. The number of carbonyl (C=O) groups excluding carboxylic acids is 2. The normalized spacial score (nSPS) is 15.1. The van der Waals surface area contributed by atoms with Crippen LogP contribution in [0.5, 0.6) is 5.75 Å². The summed E-state index contributed by atoms with van der Waals surface area (Å²) in [6.45, 7) is 1.31. The van der Waals surface area contributed by atoms with E-state index in [9.17, 15) is 14.7 Å². The Hall–Kier alpha value is -2.87. The SMILES string of the molecule is CN(C(=O)n1cnc(-c2ccc(O)c(C(N)=O)c2)c1)C1CCOCC1. The monoisotopic (exact) mass is 344 g/mol. The van der Waals surface area contributed by atoms with E-state index in [0.29, 0.717) is 24.5 Å². The topological polar surface area (TPSA) is 111 Å². The predicted molar refractivity (Wildman–Crippen MR) is 90.2 cm³/mol. The molecule has 3 rings (SSSR count). The number of amides is 2. The molecule has 8 heteroatoms. The maximum Gasteiger partial charge on any atom is 0.329 e. The highest BCUT2D eigenvalue weighted by Gasteiger charge is 2.23. The van der Waals surface area contributed by atoms with Crippen molar-refractivity contribution in [2.75, 3.05) is 20.3 Å². The van der Waals surface area contributed by atoms with Crippen molar-refractivity contribution in [3.8, 4) is 17.0 Å². The highest BCUT2D eigenvalue weighted by atomic mass is 16.5. The molecule has 0 unspecified atom stereocenters. The van der Waals surface area contributed by atoms with Crippen LogP contribution in [-0.2, 0) is 4.74 Å². The van der Waals surface area contributed by atoms with Crippen molar-refractivity contribution in [2.45, 2.75) is 18.9 Å². The number of carbonyl (C=O) groups is 2. The Balaban J connectivity index is 1.81. The summed E-state index contributed by atoms with van der Waals surface area (Å²) in [7, 11) is 1.77. The van der Waals surface area contributed by atoms with Crippen LogP contribution in [0.15, 0.2) is 30.7 Å². The van der Waals surface area contributed by atoms with Crippen LogP contribution in [0.2, 0.25) is 0 Å². The van der Waals surface area contributed by atoms with Crippen LogP contribution >= 0.6 is 0 Å². The molecule has 0 radical (unpaired) electrons. The van der Waals surface area contributed by atoms with Crippen LogP contribution in [0.4, 0.5) is 4.79 Å². The van der Waals surface area contributed by atoms with Gasteiger partial charge >= 0.3 is 6.03 Å². The van der Waals surface area contributed by atoms with Gasteiger partial charge in [-0.1, -0.05) is 0 Å². The molecule has 2 aromatic rings. The molecule has 1 fully saturated rings. The van der Waals surface area contributed by atoms with Gasteiger partial charge in [0.1, 0.15) is 12.1 Å². The largest absolute Gasteiger partial charge is 0.507 e. The number of hydrogen-bond acceptors (Lipinski definition) is 5. The minimum atomic E-state index is -0.728. The molecular formula is C17H20N4O4. The molecule has 8 nitrogen and oxygen atoms in total. The van der Waals surface area contributed by atoms with E-state index in [1.165, 1.54) is 23.0 Å². The van der Waals surface area contributed by atoms with E-state index >= 15 is 0 Å². The van der Waals surface area contributed by atoms with Crippen molar-refractivity contribution < 1.29 is 19.4 Å². The van der Waals surface area contributed by atoms with Crippen LogP contribution in [0, 0.1) is 0 Å². The molecule has 0 saturated carbocycles. The molecule has 1 aliphatic heterocycles. The zero-order valence-electron chi connectivity index (χ0n) is 13.9. The molecule has 2 heterocycles. The Labute approximate surface area is 144 Å². The van der Waals surface area contributed by atoms with Gasteiger partial charge in [-0.2, -0.15) is 0 Å². The van der Waals surface area contributed by atoms with E-state index in [1.807, 2.05) is 0 Å². The number of nitrogens with zero attached hydrogens (tertiary/aromatic N) is 3. The van der Waals surface area contributed by atoms with Crippen LogP contribution in [0.25, 0.3) is 11.3 Å². The summed E-state index contributed by atoms with van der Waals surface area (Å²) in [5, 5.41) is 9.67. The number of rotatable bonds is 3. The molecule has 25 heavy (non-hydrogen) atoms. The number of benzene rings is 1. The summed E-state index contributed by atoms with van der Waals surface area (Å²) in [5.41, 5.74) is 6.35. The number of aromatic hydroxyl groups is 1. The molecular weight excluding hydrogens is 324 g/mol. The minimum absolute atomic E-state index is 0.0118. The Morgan fingerprint density at radius 1 is 1.36 bits per heavy atom. The first-order valence-corrected chi connectivity index (χ1v) is 7.99. The van der Waals surface area contributed by atoms with Crippen molar-refractivity contribution in [3.05, 3.63) is 36.3 Å². The highest BCUT2D eigenvalue weighted by molar-refractivity contribution is 5.96. The number of phenols is 1. The lowest BCUT2D eigenvalue weighted by atomic mass is 10.1. The molecule has 2 amide bonds. The summed E-state index contributed by atoms with van der Waals surface area (Å²) in [4.78, 5) is 29.9. The molecule has 0 aliphatic carbocycles. The average Bonchev–Trinajstić information content (AvgIpc) is 3.11. The molecule has 1 aromatic heterocycles. The Bertz CT molecular complexity index is 796. The van der Waals surface area contributed by atoms with Crippen LogP contribution in [0.3, 0.4) is 0 Å². The minimum Gasteiger partial charge on any atom is -0.507 e. The number of ether oxygens (including phenoxy) is 1. The van der Waals surface area contributed by atoms with Gasteiger partial charge in [0.15, 0.2) is 0 Å². The van der Waals surface area contributed by atoms with E-state index in [1.54, 1.807) is 24.2 Å². The smallest absolute Gasteiger partial charge is 0.329 e. The zero-order valence-corrected chi connectivity index (χ0v) is 13.9. The first-order valence-electron chi connectivity index (χ1n) is 7.99. The first kappa shape index (κ1) is 17.0. The lowest BCUT2D eigenvalue weighted by Gasteiger charge is -2.30. The third kappa shape index (κ3) is 3.48. The van der Waals surface area contributed by atoms with Gasteiger partial charge in [-0.15, -0.1) is 0 Å². The molecule has 1 aliphatic rings. The molecule has 132 valence electrons. The van der Waals surface area contributed by atoms with Gasteiger partial charge in [-0.3, -0.25) is 9.36 Å². The van der Waals surface area contributed by atoms with Crippen molar-refractivity contribution >= 4 is 11.9 Å². The van der Waals surface area contributed by atoms with Crippen LogP contribution in [-0.4, -0.2) is 57.8 Å². The van der Waals surface area contributed by atoms with Gasteiger partial charge in [-0.05, 0) is 31.0 Å². The number of aromatic nitrogens is 2. The molecule has 0 bridgehead atoms. The van der Waals surface area contributed by atoms with Crippen molar-refractivity contribution in [1.82, 2.24) is 14.5 Å². The first-order chi connectivity index (χ1) is 12.0. The molecule has 1 saturated heterocycles. The number of primary amides is 1. The fraction of sp³-hybridized carbons (Fsp3) is 0.353. The lowest BCUT2D eigenvalue weighted by Crippen LogP contribution is -2.42. The zero-order chi connectivity index (χ0) is 18.0. The average molecular weight is 344 g/mol. The second kappa shape index (κ2) is 6.94. The number of hydrogen-bond donors (Lipinski definition) is 2. The van der Waals surface area contributed by atoms with Gasteiger partial charge in [-0.25, -0.2) is 9.78 Å². The van der Waals surface area contributed by atoms with Crippen LogP contribution < -0.4 is 5.73 Å². The van der Waals surface area contributed by atoms with E-state index < -0.39 is 5.91 Å². The van der Waals surface area contributed by atoms with Gasteiger partial charge in [0.2, 0.25) is 0 Å². The van der Waals surface area contributed by atoms with Gasteiger partial charge in [0.25, 0.3) is 5.91 Å². The van der Waals surface area contributed by atoms with Crippen molar-refractivity contribution in [1.29, 1.82) is 0 Å². The molecule has 0 atom stereocenters. The predicted octanol–water partition coefficient (Wildman–Crippen LogP) is 1.43. The van der Waals surface area contributed by atoms with E-state index in [4.69, 9.17) is 10.5 Å². The maximum atomic E-state index is 12.6. The third-order valence-electron chi connectivity index (χ3n) is 4.40. The third-order valence-corrected chi connectivity index (χ3v) is 4.40. The molecule has 3 N–H and O–H groups in total. The second-order valence-electron chi connectivity index (χ2n) is 6.00. The Morgan fingerprint density at radius 2 is 2.08 bits per heavy atom. The maximum absolute atomic E-state index is 12.6. The number of imidazole rings is 1. The second-order valence-corrected chi connectivity index (χ2v) is 6.00. The number of nitrogens with two attached hydrogens (primary N) is 1. The van der Waals surface area contributed by atoms with E-state index in [2.05, 4.69) is 4.98 Å². The molecule has 0 spiro atoms. The Morgan fingerprint density at radius 3 is 2.76 bits per heavy atom. The van der Waals surface area contributed by atoms with Crippen molar-refractivity contribution in [3.63, 3.8) is 0 Å². The highest BCUT2D eigenvalue weighted by Crippen LogP contribution is 2.25. The summed E-state index contributed by atoms with van der Waals surface area (Å²) in [6, 6.07) is 4.41. The molecule has 1 aromatic carbocycles. The summed E-state index contributed by atoms with van der Waals surface area (Å²) >= 11 is 0. The van der Waals surface area contributed by atoms with Crippen molar-refractivity contribution in [2.24, 2.45) is 5.73 Å². The van der Waals surface area contributed by atoms with Gasteiger partial charge < -0.3 is 20.5 Å². The fourth-order valence-corrected chi connectivity index (χ4v) is 2.88. The quantitative estimate of drug-likeness (QED) is 0.875. The van der Waals surface area contributed by atoms with Crippen LogP contribution in [0.1, 0.15) is 23.2 Å². The summed E-state index contributed by atoms with van der Waals surface area (Å²) in [5.74, 6) is -0.917. The fourth-order valence-electron chi connectivity index (χ4n) is 2.88. The summed E-state index contributed by atoms with van der Waals surface area (Å²) < 4.78 is 6.73. The van der Waals surface area contributed by atoms with Gasteiger partial charge in [0, 0.05) is 38.1 Å². The standard InChI is InChI=1S/C17H20N4O4/c1-20(12-4-6-25-7-5-12)17(24)21-9-14(19-10-21)11-2-3-15(22)13(8-11)16(18)23/h2-3,8-10,12,22H,4-7H2,1H3,(H2,18,23). The lowest BCUT2D eigenvalue weighted by molar-refractivity contribution is 0.0528. The van der Waals surface area contributed by atoms with E-state index in [-0.39, 0.29) is 23.4 Å².